The van der Waals surface area contributed by atoms with Gasteiger partial charge in [0, 0.05) is 24.2 Å². The Kier molecular flexibility index (Phi) is 5.54. The zero-order chi connectivity index (χ0) is 12.8. The molecule has 2 nitrogen and oxygen atoms in total. The van der Waals surface area contributed by atoms with E-state index in [1.807, 2.05) is 0 Å². The lowest BCUT2D eigenvalue weighted by atomic mass is 9.99. The normalized spacial score (nSPS) is 18.8. The maximum absolute atomic E-state index is 5.39. The highest BCUT2D eigenvalue weighted by atomic mass is 32.2. The van der Waals surface area contributed by atoms with E-state index in [4.69, 9.17) is 4.74 Å². The highest BCUT2D eigenvalue weighted by Crippen LogP contribution is 2.20. The van der Waals surface area contributed by atoms with Crippen LogP contribution in [0, 0.1) is 5.92 Å². The molecule has 0 spiro atoms. The van der Waals surface area contributed by atoms with Crippen molar-refractivity contribution in [1.82, 2.24) is 5.32 Å². The average molecular weight is 265 g/mol. The van der Waals surface area contributed by atoms with Gasteiger partial charge in [0.15, 0.2) is 0 Å². The zero-order valence-electron chi connectivity index (χ0n) is 11.3. The first-order valence-corrected chi connectivity index (χ1v) is 7.97. The molecule has 18 heavy (non-hydrogen) atoms. The Morgan fingerprint density at radius 1 is 1.28 bits per heavy atom. The van der Waals surface area contributed by atoms with Gasteiger partial charge in [0.1, 0.15) is 0 Å². The maximum Gasteiger partial charge on any atom is 0.0469 e. The fourth-order valence-electron chi connectivity index (χ4n) is 2.30. The van der Waals surface area contributed by atoms with Crippen molar-refractivity contribution < 1.29 is 4.74 Å². The molecular weight excluding hydrogens is 242 g/mol. The van der Waals surface area contributed by atoms with Crippen molar-refractivity contribution in [3.8, 4) is 0 Å². The van der Waals surface area contributed by atoms with Crippen LogP contribution in [0.4, 0.5) is 0 Å². The molecular formula is C15H23NOS. The molecule has 0 radical (unpaired) electrons. The van der Waals surface area contributed by atoms with Crippen molar-refractivity contribution in [3.05, 3.63) is 29.8 Å². The standard InChI is InChI=1S/C15H23NOS/c1-12(14-3-5-15(18-2)6-4-14)16-11-13-7-9-17-10-8-13/h3-6,12-13,16H,7-11H2,1-2H3. The van der Waals surface area contributed by atoms with E-state index >= 15 is 0 Å². The Balaban J connectivity index is 1.80. The minimum absolute atomic E-state index is 0.434. The molecule has 1 atom stereocenters. The second kappa shape index (κ2) is 7.17. The summed E-state index contributed by atoms with van der Waals surface area (Å²) >= 11 is 1.79. The Hall–Kier alpha value is -0.510. The van der Waals surface area contributed by atoms with E-state index in [1.54, 1.807) is 11.8 Å². The van der Waals surface area contributed by atoms with E-state index < -0.39 is 0 Å². The molecule has 1 aromatic carbocycles. The van der Waals surface area contributed by atoms with Crippen molar-refractivity contribution in [3.63, 3.8) is 0 Å². The topological polar surface area (TPSA) is 21.3 Å². The lowest BCUT2D eigenvalue weighted by Gasteiger charge is -2.24. The first kappa shape index (κ1) is 13.9. The highest BCUT2D eigenvalue weighted by molar-refractivity contribution is 7.98. The molecule has 1 heterocycles. The summed E-state index contributed by atoms with van der Waals surface area (Å²) in [6.07, 6.45) is 4.51. The number of hydrogen-bond donors (Lipinski definition) is 1. The van der Waals surface area contributed by atoms with Gasteiger partial charge < -0.3 is 10.1 Å². The lowest BCUT2D eigenvalue weighted by Crippen LogP contribution is -2.29. The van der Waals surface area contributed by atoms with Crippen LogP contribution in [0.25, 0.3) is 0 Å². The quantitative estimate of drug-likeness (QED) is 0.824. The summed E-state index contributed by atoms with van der Waals surface area (Å²) in [6.45, 7) is 5.22. The summed E-state index contributed by atoms with van der Waals surface area (Å²) in [7, 11) is 0. The number of ether oxygens (including phenoxy) is 1. The van der Waals surface area contributed by atoms with E-state index in [2.05, 4.69) is 42.8 Å². The van der Waals surface area contributed by atoms with E-state index in [-0.39, 0.29) is 0 Å². The van der Waals surface area contributed by atoms with Gasteiger partial charge in [-0.15, -0.1) is 11.8 Å². The smallest absolute Gasteiger partial charge is 0.0469 e. The van der Waals surface area contributed by atoms with Crippen molar-refractivity contribution in [2.75, 3.05) is 26.0 Å². The Morgan fingerprint density at radius 3 is 2.56 bits per heavy atom. The number of hydrogen-bond acceptors (Lipinski definition) is 3. The summed E-state index contributed by atoms with van der Waals surface area (Å²) in [5, 5.41) is 3.64. The maximum atomic E-state index is 5.39. The van der Waals surface area contributed by atoms with Crippen LogP contribution in [-0.2, 0) is 4.74 Å². The number of thioether (sulfide) groups is 1. The monoisotopic (exact) mass is 265 g/mol. The SMILES string of the molecule is CSc1ccc(C(C)NCC2CCOCC2)cc1. The molecule has 1 aromatic rings. The molecule has 100 valence electrons. The van der Waals surface area contributed by atoms with Gasteiger partial charge in [-0.05, 0) is 56.2 Å². The van der Waals surface area contributed by atoms with Crippen LogP contribution in [-0.4, -0.2) is 26.0 Å². The average Bonchev–Trinajstić information content (AvgIpc) is 2.46. The van der Waals surface area contributed by atoms with Gasteiger partial charge in [-0.2, -0.15) is 0 Å². The third-order valence-electron chi connectivity index (χ3n) is 3.67. The number of benzene rings is 1. The molecule has 0 aromatic heterocycles. The predicted molar refractivity (Wildman–Crippen MR) is 78.2 cm³/mol. The van der Waals surface area contributed by atoms with Crippen LogP contribution >= 0.6 is 11.8 Å². The fourth-order valence-corrected chi connectivity index (χ4v) is 2.71. The van der Waals surface area contributed by atoms with E-state index in [0.717, 1.165) is 25.7 Å². The van der Waals surface area contributed by atoms with Crippen molar-refractivity contribution in [2.45, 2.75) is 30.7 Å². The molecule has 3 heteroatoms. The van der Waals surface area contributed by atoms with E-state index in [9.17, 15) is 0 Å². The zero-order valence-corrected chi connectivity index (χ0v) is 12.1. The molecule has 1 N–H and O–H groups in total. The van der Waals surface area contributed by atoms with Crippen LogP contribution in [0.2, 0.25) is 0 Å². The molecule has 1 unspecified atom stereocenters. The Bertz CT molecular complexity index is 346. The van der Waals surface area contributed by atoms with Gasteiger partial charge in [0.25, 0.3) is 0 Å². The second-order valence-electron chi connectivity index (χ2n) is 4.96. The van der Waals surface area contributed by atoms with Gasteiger partial charge in [-0.3, -0.25) is 0 Å². The predicted octanol–water partition coefficient (Wildman–Crippen LogP) is 3.49. The molecule has 0 saturated carbocycles. The first-order chi connectivity index (χ1) is 8.79. The lowest BCUT2D eigenvalue weighted by molar-refractivity contribution is 0.0656. The molecule has 1 fully saturated rings. The van der Waals surface area contributed by atoms with Crippen LogP contribution < -0.4 is 5.32 Å². The van der Waals surface area contributed by atoms with Gasteiger partial charge in [0.05, 0.1) is 0 Å². The second-order valence-corrected chi connectivity index (χ2v) is 5.84. The fraction of sp³-hybridized carbons (Fsp3) is 0.600. The van der Waals surface area contributed by atoms with Gasteiger partial charge in [-0.1, -0.05) is 12.1 Å². The summed E-state index contributed by atoms with van der Waals surface area (Å²) in [6, 6.07) is 9.30. The van der Waals surface area contributed by atoms with E-state index in [0.29, 0.717) is 6.04 Å². The summed E-state index contributed by atoms with van der Waals surface area (Å²) in [5.74, 6) is 0.784. The minimum atomic E-state index is 0.434. The molecule has 0 aliphatic carbocycles. The van der Waals surface area contributed by atoms with Crippen molar-refractivity contribution in [1.29, 1.82) is 0 Å². The van der Waals surface area contributed by atoms with Crippen LogP contribution in [0.15, 0.2) is 29.2 Å². The highest BCUT2D eigenvalue weighted by Gasteiger charge is 2.14. The van der Waals surface area contributed by atoms with Gasteiger partial charge in [-0.25, -0.2) is 0 Å². The van der Waals surface area contributed by atoms with Crippen LogP contribution in [0.3, 0.4) is 0 Å². The van der Waals surface area contributed by atoms with Crippen LogP contribution in [0.1, 0.15) is 31.4 Å². The van der Waals surface area contributed by atoms with Crippen LogP contribution in [0.5, 0.6) is 0 Å². The number of rotatable bonds is 5. The Labute approximate surface area is 114 Å². The van der Waals surface area contributed by atoms with Gasteiger partial charge in [0.2, 0.25) is 0 Å². The van der Waals surface area contributed by atoms with Gasteiger partial charge >= 0.3 is 0 Å². The first-order valence-electron chi connectivity index (χ1n) is 6.74. The van der Waals surface area contributed by atoms with E-state index in [1.165, 1.54) is 23.3 Å². The third kappa shape index (κ3) is 4.01. The molecule has 0 amide bonds. The van der Waals surface area contributed by atoms with Crippen molar-refractivity contribution >= 4 is 11.8 Å². The Morgan fingerprint density at radius 2 is 1.94 bits per heavy atom. The molecule has 1 aliphatic heterocycles. The largest absolute Gasteiger partial charge is 0.381 e. The summed E-state index contributed by atoms with van der Waals surface area (Å²) < 4.78 is 5.39. The van der Waals surface area contributed by atoms with Crippen molar-refractivity contribution in [2.24, 2.45) is 5.92 Å². The molecule has 0 bridgehead atoms. The minimum Gasteiger partial charge on any atom is -0.381 e. The summed E-state index contributed by atoms with van der Waals surface area (Å²) in [5.41, 5.74) is 1.37. The third-order valence-corrected chi connectivity index (χ3v) is 4.41. The molecule has 1 saturated heterocycles. The molecule has 2 rings (SSSR count). The number of nitrogens with one attached hydrogen (secondary N) is 1. The molecule has 1 aliphatic rings. The summed E-state index contributed by atoms with van der Waals surface area (Å²) in [4.78, 5) is 1.33.